The Balaban J connectivity index is 1.70. The van der Waals surface area contributed by atoms with Crippen LogP contribution in [0.25, 0.3) is 0 Å². The Labute approximate surface area is 160 Å². The van der Waals surface area contributed by atoms with Gasteiger partial charge in [-0.25, -0.2) is 5.01 Å². The van der Waals surface area contributed by atoms with Gasteiger partial charge in [-0.05, 0) is 51.1 Å². The van der Waals surface area contributed by atoms with E-state index in [1.54, 1.807) is 19.9 Å². The Morgan fingerprint density at radius 1 is 1.27 bits per heavy atom. The van der Waals surface area contributed by atoms with E-state index in [0.29, 0.717) is 11.3 Å². The minimum absolute atomic E-state index is 0.275. The highest BCUT2D eigenvalue weighted by Gasteiger charge is 2.32. The molecule has 2 aromatic rings. The lowest BCUT2D eigenvalue weighted by Crippen LogP contribution is -2.58. The summed E-state index contributed by atoms with van der Waals surface area (Å²) < 4.78 is 6.45. The van der Waals surface area contributed by atoms with Crippen molar-refractivity contribution in [3.63, 3.8) is 0 Å². The lowest BCUT2D eigenvalue weighted by Gasteiger charge is -2.36. The molecule has 2 unspecified atom stereocenters. The Kier molecular flexibility index (Phi) is 5.18. The predicted octanol–water partition coefficient (Wildman–Crippen LogP) is 3.47. The number of carbonyl (C=O) groups excluding carboxylic acids is 2. The summed E-state index contributed by atoms with van der Waals surface area (Å²) in [4.78, 5) is 25.2. The number of benzene rings is 2. The van der Waals surface area contributed by atoms with Crippen molar-refractivity contribution in [2.24, 2.45) is 0 Å². The van der Waals surface area contributed by atoms with Crippen LogP contribution in [0.4, 0.5) is 5.69 Å². The van der Waals surface area contributed by atoms with Gasteiger partial charge in [0.25, 0.3) is 11.8 Å². The zero-order valence-electron chi connectivity index (χ0n) is 14.7. The Morgan fingerprint density at radius 3 is 2.65 bits per heavy atom. The van der Waals surface area contributed by atoms with Gasteiger partial charge in [0.05, 0.1) is 5.56 Å². The quantitative estimate of drug-likeness (QED) is 0.798. The maximum atomic E-state index is 12.7. The van der Waals surface area contributed by atoms with E-state index >= 15 is 0 Å². The fraction of sp³-hybridized carbons (Fsp3) is 0.263. The maximum absolute atomic E-state index is 12.7. The number of anilines is 1. The minimum Gasteiger partial charge on any atom is -0.481 e. The van der Waals surface area contributed by atoms with Crippen molar-refractivity contribution < 1.29 is 14.3 Å². The summed E-state index contributed by atoms with van der Waals surface area (Å²) in [6, 6.07) is 12.9. The molecule has 1 heterocycles. The van der Waals surface area contributed by atoms with Crippen molar-refractivity contribution in [2.45, 2.75) is 33.0 Å². The number of ether oxygens (including phenoxy) is 1. The van der Waals surface area contributed by atoms with Crippen molar-refractivity contribution in [2.75, 3.05) is 5.32 Å². The van der Waals surface area contributed by atoms with Crippen LogP contribution in [0.15, 0.2) is 46.9 Å². The smallest absolute Gasteiger partial charge is 0.279 e. The first-order valence-electron chi connectivity index (χ1n) is 8.28. The number of nitrogens with zero attached hydrogens (tertiary/aromatic N) is 1. The number of hydrazine groups is 1. The van der Waals surface area contributed by atoms with Gasteiger partial charge in [0.15, 0.2) is 6.10 Å². The topological polar surface area (TPSA) is 70.7 Å². The van der Waals surface area contributed by atoms with Crippen LogP contribution in [0.3, 0.4) is 0 Å². The molecule has 0 fully saturated rings. The van der Waals surface area contributed by atoms with Crippen LogP contribution in [-0.2, 0) is 4.79 Å². The van der Waals surface area contributed by atoms with Crippen LogP contribution in [0.1, 0.15) is 29.8 Å². The standard InChI is InChI=1S/C19H20BrN3O3/c1-11-4-7-15(8-5-11)26-12(2)18(24)22-23-13(3)21-17-9-6-14(20)10-16(17)19(23)25/h4-10,12-13,21H,1-3H3,(H,22,24). The third-order valence-electron chi connectivity index (χ3n) is 4.12. The molecule has 0 aromatic heterocycles. The summed E-state index contributed by atoms with van der Waals surface area (Å²) in [5.41, 5.74) is 4.99. The van der Waals surface area contributed by atoms with E-state index in [4.69, 9.17) is 4.74 Å². The molecule has 3 rings (SSSR count). The van der Waals surface area contributed by atoms with Crippen LogP contribution < -0.4 is 15.5 Å². The number of hydrogen-bond acceptors (Lipinski definition) is 4. The number of amides is 2. The van der Waals surface area contributed by atoms with Crippen molar-refractivity contribution in [3.8, 4) is 5.75 Å². The van der Waals surface area contributed by atoms with Crippen molar-refractivity contribution in [1.29, 1.82) is 0 Å². The van der Waals surface area contributed by atoms with Crippen LogP contribution in [-0.4, -0.2) is 29.1 Å². The Bertz CT molecular complexity index is 838. The summed E-state index contributed by atoms with van der Waals surface area (Å²) in [5.74, 6) is -0.0712. The first-order valence-corrected chi connectivity index (χ1v) is 9.08. The van der Waals surface area contributed by atoms with Gasteiger partial charge < -0.3 is 10.1 Å². The van der Waals surface area contributed by atoms with Crippen LogP contribution >= 0.6 is 15.9 Å². The van der Waals surface area contributed by atoms with Crippen molar-refractivity contribution >= 4 is 33.4 Å². The summed E-state index contributed by atoms with van der Waals surface area (Å²) in [6.07, 6.45) is -1.13. The largest absolute Gasteiger partial charge is 0.481 e. The maximum Gasteiger partial charge on any atom is 0.279 e. The fourth-order valence-electron chi connectivity index (χ4n) is 2.65. The lowest BCUT2D eigenvalue weighted by molar-refractivity contribution is -0.131. The molecule has 2 N–H and O–H groups in total. The molecule has 26 heavy (non-hydrogen) atoms. The highest BCUT2D eigenvalue weighted by Crippen LogP contribution is 2.27. The van der Waals surface area contributed by atoms with Crippen LogP contribution in [0.5, 0.6) is 5.75 Å². The molecule has 2 aromatic carbocycles. The Hall–Kier alpha value is -2.54. The van der Waals surface area contributed by atoms with Gasteiger partial charge in [0.2, 0.25) is 0 Å². The lowest BCUT2D eigenvalue weighted by atomic mass is 10.1. The molecular formula is C19H20BrN3O3. The van der Waals surface area contributed by atoms with E-state index in [1.807, 2.05) is 43.3 Å². The van der Waals surface area contributed by atoms with E-state index in [-0.39, 0.29) is 12.1 Å². The number of halogens is 1. The molecule has 0 saturated carbocycles. The molecule has 2 amide bonds. The third-order valence-corrected chi connectivity index (χ3v) is 4.61. The van der Waals surface area contributed by atoms with Gasteiger partial charge in [0, 0.05) is 10.2 Å². The predicted molar refractivity (Wildman–Crippen MR) is 103 cm³/mol. The van der Waals surface area contributed by atoms with Crippen LogP contribution in [0, 0.1) is 6.92 Å². The van der Waals surface area contributed by atoms with Gasteiger partial charge in [-0.1, -0.05) is 33.6 Å². The molecule has 0 aliphatic carbocycles. The molecule has 1 aliphatic rings. The number of fused-ring (bicyclic) bond motifs is 1. The molecular weight excluding hydrogens is 398 g/mol. The fourth-order valence-corrected chi connectivity index (χ4v) is 3.01. The molecule has 0 radical (unpaired) electrons. The van der Waals surface area contributed by atoms with Gasteiger partial charge >= 0.3 is 0 Å². The van der Waals surface area contributed by atoms with Gasteiger partial charge in [0.1, 0.15) is 11.9 Å². The second kappa shape index (κ2) is 7.37. The third kappa shape index (κ3) is 3.83. The zero-order valence-corrected chi connectivity index (χ0v) is 16.3. The van der Waals surface area contributed by atoms with E-state index in [1.165, 1.54) is 5.01 Å². The number of aryl methyl sites for hydroxylation is 1. The van der Waals surface area contributed by atoms with Gasteiger partial charge in [-0.2, -0.15) is 0 Å². The molecule has 0 saturated heterocycles. The van der Waals surface area contributed by atoms with Crippen molar-refractivity contribution in [3.05, 3.63) is 58.1 Å². The average molecular weight is 418 g/mol. The van der Waals surface area contributed by atoms with Gasteiger partial charge in [-0.15, -0.1) is 0 Å². The van der Waals surface area contributed by atoms with E-state index < -0.39 is 12.0 Å². The zero-order chi connectivity index (χ0) is 18.8. The SMILES string of the molecule is Cc1ccc(OC(C)C(=O)NN2C(=O)c3cc(Br)ccc3NC2C)cc1. The summed E-state index contributed by atoms with van der Waals surface area (Å²) >= 11 is 3.36. The first-order chi connectivity index (χ1) is 12.3. The molecule has 0 bridgehead atoms. The highest BCUT2D eigenvalue weighted by molar-refractivity contribution is 9.10. The van der Waals surface area contributed by atoms with Crippen LogP contribution in [0.2, 0.25) is 0 Å². The normalized spacial score (nSPS) is 17.2. The molecule has 7 heteroatoms. The molecule has 1 aliphatic heterocycles. The average Bonchev–Trinajstić information content (AvgIpc) is 2.61. The second-order valence-corrected chi connectivity index (χ2v) is 7.15. The second-order valence-electron chi connectivity index (χ2n) is 6.23. The number of nitrogens with one attached hydrogen (secondary N) is 2. The number of carbonyl (C=O) groups is 2. The number of hydrogen-bond donors (Lipinski definition) is 2. The Morgan fingerprint density at radius 2 is 1.96 bits per heavy atom. The monoisotopic (exact) mass is 417 g/mol. The molecule has 136 valence electrons. The minimum atomic E-state index is -0.749. The van der Waals surface area contributed by atoms with Crippen molar-refractivity contribution in [1.82, 2.24) is 10.4 Å². The summed E-state index contributed by atoms with van der Waals surface area (Å²) in [6.45, 7) is 5.42. The van der Waals surface area contributed by atoms with E-state index in [9.17, 15) is 9.59 Å². The van der Waals surface area contributed by atoms with E-state index in [0.717, 1.165) is 15.7 Å². The molecule has 6 nitrogen and oxygen atoms in total. The molecule has 2 atom stereocenters. The number of rotatable bonds is 4. The summed E-state index contributed by atoms with van der Waals surface area (Å²) in [5, 5.41) is 4.48. The first kappa shape index (κ1) is 18.3. The highest BCUT2D eigenvalue weighted by atomic mass is 79.9. The molecule has 0 spiro atoms. The summed E-state index contributed by atoms with van der Waals surface area (Å²) in [7, 11) is 0. The van der Waals surface area contributed by atoms with Gasteiger partial charge in [-0.3, -0.25) is 15.0 Å². The van der Waals surface area contributed by atoms with E-state index in [2.05, 4.69) is 26.7 Å².